The SMILES string of the molecule is CN1CCC(NCc2ccc(I)o2)CC1. The Balaban J connectivity index is 1.74. The Morgan fingerprint density at radius 2 is 2.20 bits per heavy atom. The number of piperidine rings is 1. The number of nitrogens with zero attached hydrogens (tertiary/aromatic N) is 1. The lowest BCUT2D eigenvalue weighted by atomic mass is 10.1. The number of hydrogen-bond donors (Lipinski definition) is 1. The first kappa shape index (κ1) is 11.4. The fourth-order valence-electron chi connectivity index (χ4n) is 1.90. The van der Waals surface area contributed by atoms with E-state index in [1.54, 1.807) is 0 Å². The van der Waals surface area contributed by atoms with E-state index in [9.17, 15) is 0 Å². The number of furan rings is 1. The van der Waals surface area contributed by atoms with Gasteiger partial charge in [0, 0.05) is 6.04 Å². The second-order valence-corrected chi connectivity index (χ2v) is 5.23. The fourth-order valence-corrected chi connectivity index (χ4v) is 2.37. The van der Waals surface area contributed by atoms with Crippen LogP contribution in [0.1, 0.15) is 18.6 Å². The second kappa shape index (κ2) is 5.32. The molecule has 1 fully saturated rings. The molecule has 0 unspecified atom stereocenters. The highest BCUT2D eigenvalue weighted by Gasteiger charge is 2.16. The molecule has 3 nitrogen and oxygen atoms in total. The highest BCUT2D eigenvalue weighted by atomic mass is 127. The van der Waals surface area contributed by atoms with Gasteiger partial charge in [-0.25, -0.2) is 0 Å². The van der Waals surface area contributed by atoms with Crippen LogP contribution >= 0.6 is 22.6 Å². The summed E-state index contributed by atoms with van der Waals surface area (Å²) >= 11 is 2.20. The van der Waals surface area contributed by atoms with Crippen LogP contribution in [0, 0.1) is 3.77 Å². The summed E-state index contributed by atoms with van der Waals surface area (Å²) in [6.45, 7) is 3.26. The third-order valence-corrected chi connectivity index (χ3v) is 3.49. The maximum Gasteiger partial charge on any atom is 0.164 e. The first-order valence-electron chi connectivity index (χ1n) is 5.40. The van der Waals surface area contributed by atoms with Crippen molar-refractivity contribution in [1.29, 1.82) is 0 Å². The quantitative estimate of drug-likeness (QED) is 0.865. The van der Waals surface area contributed by atoms with Gasteiger partial charge >= 0.3 is 0 Å². The lowest BCUT2D eigenvalue weighted by molar-refractivity contribution is 0.231. The van der Waals surface area contributed by atoms with Gasteiger partial charge in [0.05, 0.1) is 6.54 Å². The van der Waals surface area contributed by atoms with Gasteiger partial charge in [-0.15, -0.1) is 0 Å². The molecule has 1 aromatic rings. The summed E-state index contributed by atoms with van der Waals surface area (Å²) in [5, 5.41) is 3.55. The molecule has 4 heteroatoms. The maximum atomic E-state index is 5.51. The molecule has 0 bridgehead atoms. The van der Waals surface area contributed by atoms with Gasteiger partial charge in [0.1, 0.15) is 5.76 Å². The van der Waals surface area contributed by atoms with Gasteiger partial charge in [0.2, 0.25) is 0 Å². The number of likely N-dealkylation sites (tertiary alicyclic amines) is 1. The molecule has 2 heterocycles. The van der Waals surface area contributed by atoms with E-state index < -0.39 is 0 Å². The first-order valence-corrected chi connectivity index (χ1v) is 6.48. The first-order chi connectivity index (χ1) is 7.24. The molecule has 1 aliphatic heterocycles. The van der Waals surface area contributed by atoms with Crippen molar-refractivity contribution >= 4 is 22.6 Å². The topological polar surface area (TPSA) is 28.4 Å². The third kappa shape index (κ3) is 3.46. The Bertz CT molecular complexity index is 305. The van der Waals surface area contributed by atoms with Gasteiger partial charge in [0.15, 0.2) is 3.77 Å². The normalized spacial score (nSPS) is 19.6. The lowest BCUT2D eigenvalue weighted by Crippen LogP contribution is -2.40. The van der Waals surface area contributed by atoms with E-state index in [2.05, 4.69) is 39.9 Å². The third-order valence-electron chi connectivity index (χ3n) is 2.91. The zero-order valence-corrected chi connectivity index (χ0v) is 11.2. The molecule has 1 aromatic heterocycles. The molecule has 0 saturated carbocycles. The minimum absolute atomic E-state index is 0.656. The molecule has 1 N–H and O–H groups in total. The highest BCUT2D eigenvalue weighted by Crippen LogP contribution is 2.12. The van der Waals surface area contributed by atoms with Gasteiger partial charge < -0.3 is 14.6 Å². The zero-order valence-electron chi connectivity index (χ0n) is 9.00. The molecule has 0 spiro atoms. The predicted octanol–water partition coefficient (Wildman–Crippen LogP) is 2.07. The number of nitrogens with one attached hydrogen (secondary N) is 1. The van der Waals surface area contributed by atoms with Crippen molar-refractivity contribution in [2.24, 2.45) is 0 Å². The standard InChI is InChI=1S/C11H17IN2O/c1-14-6-4-9(5-7-14)13-8-10-2-3-11(12)15-10/h2-3,9,13H,4-8H2,1H3. The van der Waals surface area contributed by atoms with Crippen LogP contribution in [0.15, 0.2) is 16.5 Å². The number of halogens is 1. The van der Waals surface area contributed by atoms with Crippen LogP contribution in [0.2, 0.25) is 0 Å². The van der Waals surface area contributed by atoms with E-state index in [1.807, 2.05) is 12.1 Å². The summed E-state index contributed by atoms with van der Waals surface area (Å²) in [5.74, 6) is 1.04. The van der Waals surface area contributed by atoms with E-state index >= 15 is 0 Å². The minimum Gasteiger partial charge on any atom is -0.454 e. The molecule has 0 amide bonds. The van der Waals surface area contributed by atoms with Gasteiger partial charge in [0.25, 0.3) is 0 Å². The Kier molecular flexibility index (Phi) is 4.05. The van der Waals surface area contributed by atoms with Gasteiger partial charge in [-0.1, -0.05) is 0 Å². The van der Waals surface area contributed by atoms with Crippen molar-refractivity contribution in [3.05, 3.63) is 21.7 Å². The largest absolute Gasteiger partial charge is 0.454 e. The molecule has 0 aromatic carbocycles. The van der Waals surface area contributed by atoms with Gasteiger partial charge in [-0.2, -0.15) is 0 Å². The Morgan fingerprint density at radius 1 is 1.47 bits per heavy atom. The average Bonchev–Trinajstić information content (AvgIpc) is 2.64. The van der Waals surface area contributed by atoms with E-state index in [0.717, 1.165) is 16.1 Å². The Labute approximate surface area is 104 Å². The Hall–Kier alpha value is -0.0700. The van der Waals surface area contributed by atoms with Crippen molar-refractivity contribution in [3.63, 3.8) is 0 Å². The molecule has 84 valence electrons. The van der Waals surface area contributed by atoms with Crippen LogP contribution in [0.25, 0.3) is 0 Å². The average molecular weight is 320 g/mol. The molecule has 0 atom stereocenters. The van der Waals surface area contributed by atoms with E-state index in [4.69, 9.17) is 4.42 Å². The zero-order chi connectivity index (χ0) is 10.7. The van der Waals surface area contributed by atoms with Crippen LogP contribution in [0.4, 0.5) is 0 Å². The van der Waals surface area contributed by atoms with Gasteiger partial charge in [-0.05, 0) is 67.7 Å². The molecule has 0 aliphatic carbocycles. The number of hydrogen-bond acceptors (Lipinski definition) is 3. The molecule has 2 rings (SSSR count). The van der Waals surface area contributed by atoms with Crippen molar-refractivity contribution in [1.82, 2.24) is 10.2 Å². The van der Waals surface area contributed by atoms with Crippen molar-refractivity contribution < 1.29 is 4.42 Å². The summed E-state index contributed by atoms with van der Waals surface area (Å²) < 4.78 is 6.47. The van der Waals surface area contributed by atoms with E-state index in [0.29, 0.717) is 6.04 Å². The Morgan fingerprint density at radius 3 is 2.80 bits per heavy atom. The van der Waals surface area contributed by atoms with Crippen molar-refractivity contribution in [2.75, 3.05) is 20.1 Å². The second-order valence-electron chi connectivity index (χ2n) is 4.16. The molecular weight excluding hydrogens is 303 g/mol. The molecular formula is C11H17IN2O. The summed E-state index contributed by atoms with van der Waals surface area (Å²) in [6.07, 6.45) is 2.49. The van der Waals surface area contributed by atoms with Crippen LogP contribution in [-0.4, -0.2) is 31.1 Å². The van der Waals surface area contributed by atoms with Crippen LogP contribution in [0.3, 0.4) is 0 Å². The van der Waals surface area contributed by atoms with E-state index in [1.165, 1.54) is 25.9 Å². The monoisotopic (exact) mass is 320 g/mol. The predicted molar refractivity (Wildman–Crippen MR) is 68.8 cm³/mol. The summed E-state index contributed by atoms with van der Waals surface area (Å²) in [6, 6.07) is 4.71. The number of rotatable bonds is 3. The van der Waals surface area contributed by atoms with Crippen LogP contribution in [-0.2, 0) is 6.54 Å². The van der Waals surface area contributed by atoms with E-state index in [-0.39, 0.29) is 0 Å². The summed E-state index contributed by atoms with van der Waals surface area (Å²) in [7, 11) is 2.19. The lowest BCUT2D eigenvalue weighted by Gasteiger charge is -2.29. The smallest absolute Gasteiger partial charge is 0.164 e. The van der Waals surface area contributed by atoms with Gasteiger partial charge in [-0.3, -0.25) is 0 Å². The minimum atomic E-state index is 0.656. The highest BCUT2D eigenvalue weighted by molar-refractivity contribution is 14.1. The fraction of sp³-hybridized carbons (Fsp3) is 0.636. The van der Waals surface area contributed by atoms with Crippen LogP contribution < -0.4 is 5.32 Å². The van der Waals surface area contributed by atoms with Crippen molar-refractivity contribution in [2.45, 2.75) is 25.4 Å². The molecule has 15 heavy (non-hydrogen) atoms. The summed E-state index contributed by atoms with van der Waals surface area (Å²) in [4.78, 5) is 2.38. The van der Waals surface area contributed by atoms with Crippen LogP contribution in [0.5, 0.6) is 0 Å². The summed E-state index contributed by atoms with van der Waals surface area (Å²) in [5.41, 5.74) is 0. The molecule has 1 aliphatic rings. The maximum absolute atomic E-state index is 5.51. The molecule has 1 saturated heterocycles. The van der Waals surface area contributed by atoms with Crippen molar-refractivity contribution in [3.8, 4) is 0 Å². The molecule has 0 radical (unpaired) electrons.